The Balaban J connectivity index is 1.76. The highest BCUT2D eigenvalue weighted by Gasteiger charge is 2.33. The summed E-state index contributed by atoms with van der Waals surface area (Å²) in [7, 11) is 1.69. The van der Waals surface area contributed by atoms with Gasteiger partial charge in [0.2, 0.25) is 0 Å². The molecular weight excluding hydrogens is 350 g/mol. The Morgan fingerprint density at radius 1 is 1.14 bits per heavy atom. The maximum absolute atomic E-state index is 9.72. The Labute approximate surface area is 171 Å². The molecule has 0 unspecified atom stereocenters. The molecule has 0 saturated heterocycles. The molecule has 1 aliphatic carbocycles. The van der Waals surface area contributed by atoms with Gasteiger partial charge in [-0.1, -0.05) is 58.4 Å². The first-order chi connectivity index (χ1) is 13.5. The van der Waals surface area contributed by atoms with Crippen LogP contribution in [-0.2, 0) is 6.42 Å². The van der Waals surface area contributed by atoms with Gasteiger partial charge in [0, 0.05) is 5.54 Å². The fourth-order valence-corrected chi connectivity index (χ4v) is 3.71. The molecule has 1 atom stereocenters. The van der Waals surface area contributed by atoms with Gasteiger partial charge in [0.1, 0.15) is 0 Å². The number of hydrogen-bond acceptors (Lipinski definition) is 4. The molecule has 3 N–H and O–H groups in total. The minimum Gasteiger partial charge on any atom is -0.493 e. The van der Waals surface area contributed by atoms with E-state index in [1.165, 1.54) is 44.1 Å². The molecule has 0 aromatic heterocycles. The van der Waals surface area contributed by atoms with E-state index in [4.69, 9.17) is 15.2 Å². The Morgan fingerprint density at radius 3 is 2.54 bits per heavy atom. The molecule has 1 aromatic rings. The minimum absolute atomic E-state index is 0.0546. The van der Waals surface area contributed by atoms with Crippen LogP contribution in [0, 0.1) is 11.8 Å². The zero-order valence-corrected chi connectivity index (χ0v) is 18.2. The van der Waals surface area contributed by atoms with Crippen LogP contribution in [0.4, 0.5) is 0 Å². The van der Waals surface area contributed by atoms with Crippen molar-refractivity contribution < 1.29 is 14.6 Å². The van der Waals surface area contributed by atoms with Gasteiger partial charge in [-0.05, 0) is 55.2 Å². The van der Waals surface area contributed by atoms with Crippen LogP contribution >= 0.6 is 0 Å². The smallest absolute Gasteiger partial charge is 0.161 e. The maximum atomic E-state index is 9.72. The highest BCUT2D eigenvalue weighted by molar-refractivity contribution is 5.43. The molecule has 0 aliphatic heterocycles. The normalized spacial score (nSPS) is 16.2. The van der Waals surface area contributed by atoms with Gasteiger partial charge < -0.3 is 20.3 Å². The molecule has 0 amide bonds. The second-order valence-corrected chi connectivity index (χ2v) is 9.10. The molecule has 1 saturated carbocycles. The average Bonchev–Trinajstić information content (AvgIpc) is 3.49. The van der Waals surface area contributed by atoms with E-state index in [9.17, 15) is 5.11 Å². The molecule has 28 heavy (non-hydrogen) atoms. The fraction of sp³-hybridized carbons (Fsp3) is 0.750. The summed E-state index contributed by atoms with van der Waals surface area (Å²) >= 11 is 0. The van der Waals surface area contributed by atoms with E-state index >= 15 is 0 Å². The lowest BCUT2D eigenvalue weighted by atomic mass is 9.88. The Kier molecular flexibility index (Phi) is 9.60. The van der Waals surface area contributed by atoms with Gasteiger partial charge >= 0.3 is 0 Å². The summed E-state index contributed by atoms with van der Waals surface area (Å²) < 4.78 is 11.5. The van der Waals surface area contributed by atoms with Gasteiger partial charge in [-0.25, -0.2) is 0 Å². The molecule has 2 rings (SSSR count). The van der Waals surface area contributed by atoms with Crippen molar-refractivity contribution in [3.63, 3.8) is 0 Å². The molecule has 0 heterocycles. The Hall–Kier alpha value is -1.26. The molecular formula is C24H41NO3. The van der Waals surface area contributed by atoms with E-state index in [-0.39, 0.29) is 6.61 Å². The fourth-order valence-electron chi connectivity index (χ4n) is 3.71. The van der Waals surface area contributed by atoms with Gasteiger partial charge in [-0.3, -0.25) is 0 Å². The van der Waals surface area contributed by atoms with E-state index in [1.54, 1.807) is 7.11 Å². The van der Waals surface area contributed by atoms with Crippen molar-refractivity contribution in [2.24, 2.45) is 17.6 Å². The summed E-state index contributed by atoms with van der Waals surface area (Å²) in [5.41, 5.74) is 7.13. The molecule has 160 valence electrons. The zero-order valence-electron chi connectivity index (χ0n) is 18.2. The van der Waals surface area contributed by atoms with E-state index in [0.29, 0.717) is 5.92 Å². The Bertz CT molecular complexity index is 571. The van der Waals surface area contributed by atoms with Gasteiger partial charge in [-0.15, -0.1) is 0 Å². The number of aliphatic hydroxyl groups is 1. The first kappa shape index (κ1) is 23.0. The minimum atomic E-state index is -0.459. The number of aryl methyl sites for hydroxylation is 1. The molecule has 1 aromatic carbocycles. The van der Waals surface area contributed by atoms with Crippen molar-refractivity contribution in [2.45, 2.75) is 83.6 Å². The van der Waals surface area contributed by atoms with Crippen molar-refractivity contribution in [2.75, 3.05) is 20.3 Å². The summed E-state index contributed by atoms with van der Waals surface area (Å²) in [5.74, 6) is 3.11. The topological polar surface area (TPSA) is 64.7 Å². The summed E-state index contributed by atoms with van der Waals surface area (Å²) in [6.45, 7) is 5.35. The second kappa shape index (κ2) is 11.7. The first-order valence-corrected chi connectivity index (χ1v) is 11.2. The van der Waals surface area contributed by atoms with Crippen molar-refractivity contribution in [3.05, 3.63) is 23.8 Å². The number of unbranched alkanes of at least 4 members (excludes halogenated alkanes) is 3. The van der Waals surface area contributed by atoms with E-state index in [1.807, 2.05) is 12.1 Å². The van der Waals surface area contributed by atoms with Crippen LogP contribution in [-0.4, -0.2) is 31.0 Å². The van der Waals surface area contributed by atoms with Crippen LogP contribution < -0.4 is 15.2 Å². The van der Waals surface area contributed by atoms with E-state index < -0.39 is 5.54 Å². The summed E-state index contributed by atoms with van der Waals surface area (Å²) in [4.78, 5) is 0. The molecule has 1 aliphatic rings. The van der Waals surface area contributed by atoms with Crippen LogP contribution in [0.15, 0.2) is 18.2 Å². The lowest BCUT2D eigenvalue weighted by Gasteiger charge is -2.27. The lowest BCUT2D eigenvalue weighted by molar-refractivity contribution is 0.172. The van der Waals surface area contributed by atoms with Crippen molar-refractivity contribution in [1.29, 1.82) is 0 Å². The summed E-state index contributed by atoms with van der Waals surface area (Å²) in [5, 5.41) is 9.72. The number of nitrogens with two attached hydrogens (primary N) is 1. The number of methoxy groups -OCH3 is 1. The second-order valence-electron chi connectivity index (χ2n) is 9.10. The van der Waals surface area contributed by atoms with Crippen molar-refractivity contribution in [3.8, 4) is 11.5 Å². The first-order valence-electron chi connectivity index (χ1n) is 11.2. The third kappa shape index (κ3) is 8.40. The van der Waals surface area contributed by atoms with Gasteiger partial charge in [0.05, 0.1) is 20.3 Å². The van der Waals surface area contributed by atoms with Crippen LogP contribution in [0.2, 0.25) is 0 Å². The molecule has 4 heteroatoms. The standard InChI is InChI=1S/C24H41NO3/c1-19(2)8-6-4-5-7-15-28-22-12-11-20(16-23(22)27-3)13-14-24(25,18-26)17-21-9-10-21/h11-12,16,19,21,26H,4-10,13-15,17-18,25H2,1-3H3/t24-/m0/s1. The quantitative estimate of drug-likeness (QED) is 0.408. The predicted octanol–water partition coefficient (Wildman–Crippen LogP) is 5.10. The molecule has 0 spiro atoms. The summed E-state index contributed by atoms with van der Waals surface area (Å²) in [6.07, 6.45) is 11.3. The average molecular weight is 392 g/mol. The molecule has 0 radical (unpaired) electrons. The third-order valence-electron chi connectivity index (χ3n) is 5.78. The Morgan fingerprint density at radius 2 is 1.89 bits per heavy atom. The van der Waals surface area contributed by atoms with Gasteiger partial charge in [-0.2, -0.15) is 0 Å². The predicted molar refractivity (Wildman–Crippen MR) is 116 cm³/mol. The highest BCUT2D eigenvalue weighted by atomic mass is 16.5. The van der Waals surface area contributed by atoms with Crippen LogP contribution in [0.5, 0.6) is 11.5 Å². The number of rotatable bonds is 15. The van der Waals surface area contributed by atoms with Gasteiger partial charge in [0.15, 0.2) is 11.5 Å². The van der Waals surface area contributed by atoms with Gasteiger partial charge in [0.25, 0.3) is 0 Å². The largest absolute Gasteiger partial charge is 0.493 e. The number of ether oxygens (including phenoxy) is 2. The van der Waals surface area contributed by atoms with Crippen LogP contribution in [0.3, 0.4) is 0 Å². The molecule has 0 bridgehead atoms. The SMILES string of the molecule is COc1cc(CC[C@@](N)(CO)CC2CC2)ccc1OCCCCCCC(C)C. The van der Waals surface area contributed by atoms with Crippen LogP contribution in [0.1, 0.15) is 77.2 Å². The van der Waals surface area contributed by atoms with E-state index in [2.05, 4.69) is 19.9 Å². The van der Waals surface area contributed by atoms with Crippen molar-refractivity contribution >= 4 is 0 Å². The molecule has 4 nitrogen and oxygen atoms in total. The lowest BCUT2D eigenvalue weighted by Crippen LogP contribution is -2.44. The maximum Gasteiger partial charge on any atom is 0.161 e. The number of benzene rings is 1. The van der Waals surface area contributed by atoms with Crippen molar-refractivity contribution in [1.82, 2.24) is 0 Å². The number of hydrogen-bond donors (Lipinski definition) is 2. The third-order valence-corrected chi connectivity index (χ3v) is 5.78. The summed E-state index contributed by atoms with van der Waals surface area (Å²) in [6, 6.07) is 6.15. The molecule has 1 fully saturated rings. The highest BCUT2D eigenvalue weighted by Crippen LogP contribution is 2.37. The monoisotopic (exact) mass is 391 g/mol. The van der Waals surface area contributed by atoms with Crippen LogP contribution in [0.25, 0.3) is 0 Å². The van der Waals surface area contributed by atoms with E-state index in [0.717, 1.165) is 49.7 Å². The number of aliphatic hydroxyl groups excluding tert-OH is 1. The zero-order chi connectivity index (χ0) is 20.4.